The summed E-state index contributed by atoms with van der Waals surface area (Å²) in [5.41, 5.74) is 0.878. The van der Waals surface area contributed by atoms with Gasteiger partial charge in [0.1, 0.15) is 0 Å². The van der Waals surface area contributed by atoms with Crippen LogP contribution in [0.5, 0.6) is 0 Å². The van der Waals surface area contributed by atoms with Gasteiger partial charge in [-0.15, -0.1) is 0 Å². The maximum atomic E-state index is 6.36. The summed E-state index contributed by atoms with van der Waals surface area (Å²) < 4.78 is 7.59. The van der Waals surface area contributed by atoms with Gasteiger partial charge in [-0.1, -0.05) is 25.4 Å². The van der Waals surface area contributed by atoms with E-state index in [9.17, 15) is 0 Å². The summed E-state index contributed by atoms with van der Waals surface area (Å²) in [6.07, 6.45) is 4.73. The lowest BCUT2D eigenvalue weighted by atomic mass is 9.96. The van der Waals surface area contributed by atoms with Gasteiger partial charge >= 0.3 is 0 Å². The predicted molar refractivity (Wildman–Crippen MR) is 84.3 cm³/mol. The molecule has 0 aromatic carbocycles. The zero-order valence-electron chi connectivity index (χ0n) is 13.4. The summed E-state index contributed by atoms with van der Waals surface area (Å²) in [4.78, 5) is 0. The molecule has 1 atom stereocenters. The molecular weight excluding hydrogens is 274 g/mol. The van der Waals surface area contributed by atoms with E-state index in [1.54, 1.807) is 13.3 Å². The number of nitrogens with one attached hydrogen (secondary N) is 1. The molecule has 0 aliphatic carbocycles. The van der Waals surface area contributed by atoms with Crippen LogP contribution in [0.4, 0.5) is 0 Å². The third kappa shape index (κ3) is 4.76. The Morgan fingerprint density at radius 1 is 1.40 bits per heavy atom. The minimum atomic E-state index is -0.198. The first-order valence-corrected chi connectivity index (χ1v) is 7.82. The Morgan fingerprint density at radius 3 is 2.65 bits per heavy atom. The second-order valence-electron chi connectivity index (χ2n) is 5.78. The van der Waals surface area contributed by atoms with E-state index in [4.69, 9.17) is 16.3 Å². The zero-order chi connectivity index (χ0) is 15.2. The fraction of sp³-hybridized carbons (Fsp3) is 0.800. The lowest BCUT2D eigenvalue weighted by molar-refractivity contribution is 0.00613. The molecule has 0 fully saturated rings. The number of halogens is 1. The number of aryl methyl sites for hydroxylation is 1. The van der Waals surface area contributed by atoms with Gasteiger partial charge in [-0.25, -0.2) is 0 Å². The molecule has 0 bridgehead atoms. The molecule has 0 amide bonds. The SMILES string of the molecule is CCCNC(CC(C)(C)OC)c1c(Cl)cnn1CCC. The molecule has 4 nitrogen and oxygen atoms in total. The Labute approximate surface area is 127 Å². The van der Waals surface area contributed by atoms with E-state index in [0.29, 0.717) is 0 Å². The van der Waals surface area contributed by atoms with Crippen LogP contribution in [0.25, 0.3) is 0 Å². The number of rotatable bonds is 9. The van der Waals surface area contributed by atoms with E-state index >= 15 is 0 Å². The molecule has 20 heavy (non-hydrogen) atoms. The summed E-state index contributed by atoms with van der Waals surface area (Å²) >= 11 is 6.36. The minimum absolute atomic E-state index is 0.159. The van der Waals surface area contributed by atoms with Crippen LogP contribution in [0.15, 0.2) is 6.20 Å². The Hall–Kier alpha value is -0.580. The van der Waals surface area contributed by atoms with Gasteiger partial charge in [0, 0.05) is 13.7 Å². The predicted octanol–water partition coefficient (Wildman–Crippen LogP) is 3.80. The van der Waals surface area contributed by atoms with Gasteiger partial charge < -0.3 is 10.1 Å². The normalized spacial score (nSPS) is 13.7. The van der Waals surface area contributed by atoms with Crippen LogP contribution in [-0.2, 0) is 11.3 Å². The van der Waals surface area contributed by atoms with Crippen LogP contribution in [0.3, 0.4) is 0 Å². The van der Waals surface area contributed by atoms with Gasteiger partial charge in [-0.05, 0) is 39.7 Å². The van der Waals surface area contributed by atoms with Crippen molar-refractivity contribution in [2.45, 2.75) is 65.1 Å². The third-order valence-electron chi connectivity index (χ3n) is 3.49. The van der Waals surface area contributed by atoms with E-state index in [0.717, 1.165) is 43.1 Å². The average Bonchev–Trinajstić information content (AvgIpc) is 2.76. The number of hydrogen-bond donors (Lipinski definition) is 1. The van der Waals surface area contributed by atoms with Crippen LogP contribution in [-0.4, -0.2) is 29.0 Å². The minimum Gasteiger partial charge on any atom is -0.379 e. The maximum absolute atomic E-state index is 6.36. The summed E-state index contributed by atoms with van der Waals surface area (Å²) in [5, 5.41) is 8.71. The van der Waals surface area contributed by atoms with Crippen molar-refractivity contribution in [2.75, 3.05) is 13.7 Å². The Balaban J connectivity index is 3.00. The number of nitrogens with zero attached hydrogens (tertiary/aromatic N) is 2. The van der Waals surface area contributed by atoms with Crippen molar-refractivity contribution >= 4 is 11.6 Å². The first-order chi connectivity index (χ1) is 9.45. The molecule has 5 heteroatoms. The van der Waals surface area contributed by atoms with Gasteiger partial charge in [0.2, 0.25) is 0 Å². The average molecular weight is 302 g/mol. The zero-order valence-corrected chi connectivity index (χ0v) is 14.1. The van der Waals surface area contributed by atoms with E-state index in [1.807, 2.05) is 4.68 Å². The summed E-state index contributed by atoms with van der Waals surface area (Å²) in [7, 11) is 1.75. The highest BCUT2D eigenvalue weighted by Gasteiger charge is 2.27. The first kappa shape index (κ1) is 17.5. The number of methoxy groups -OCH3 is 1. The van der Waals surface area contributed by atoms with Crippen LogP contribution < -0.4 is 5.32 Å². The Kier molecular flexibility index (Phi) is 7.00. The lowest BCUT2D eigenvalue weighted by Crippen LogP contribution is -2.34. The van der Waals surface area contributed by atoms with Crippen molar-refractivity contribution in [1.29, 1.82) is 0 Å². The topological polar surface area (TPSA) is 39.1 Å². The largest absolute Gasteiger partial charge is 0.379 e. The van der Waals surface area contributed by atoms with E-state index in [-0.39, 0.29) is 11.6 Å². The third-order valence-corrected chi connectivity index (χ3v) is 3.78. The molecule has 0 radical (unpaired) electrons. The molecule has 1 heterocycles. The summed E-state index contributed by atoms with van der Waals surface area (Å²) in [6.45, 7) is 10.4. The number of hydrogen-bond acceptors (Lipinski definition) is 3. The van der Waals surface area contributed by atoms with Crippen molar-refractivity contribution in [2.24, 2.45) is 0 Å². The molecule has 1 rings (SSSR count). The quantitative estimate of drug-likeness (QED) is 0.754. The van der Waals surface area contributed by atoms with E-state index in [1.165, 1.54) is 0 Å². The van der Waals surface area contributed by atoms with Gasteiger partial charge in [0.25, 0.3) is 0 Å². The highest BCUT2D eigenvalue weighted by atomic mass is 35.5. The van der Waals surface area contributed by atoms with Crippen LogP contribution in [0.1, 0.15) is 58.7 Å². The molecule has 0 aliphatic rings. The molecule has 0 saturated heterocycles. The fourth-order valence-electron chi connectivity index (χ4n) is 2.27. The van der Waals surface area contributed by atoms with Crippen molar-refractivity contribution in [3.63, 3.8) is 0 Å². The van der Waals surface area contributed by atoms with Gasteiger partial charge in [0.15, 0.2) is 0 Å². The standard InChI is InChI=1S/C15H28ClN3O/c1-6-8-17-13(10-15(3,4)20-5)14-12(16)11-18-19(14)9-7-2/h11,13,17H,6-10H2,1-5H3. The molecule has 1 N–H and O–H groups in total. The van der Waals surface area contributed by atoms with Crippen molar-refractivity contribution < 1.29 is 4.74 Å². The molecular formula is C15H28ClN3O. The summed E-state index contributed by atoms with van der Waals surface area (Å²) in [5.74, 6) is 0. The van der Waals surface area contributed by atoms with Crippen LogP contribution in [0.2, 0.25) is 5.02 Å². The van der Waals surface area contributed by atoms with E-state index in [2.05, 4.69) is 38.1 Å². The Bertz CT molecular complexity index is 404. The molecule has 0 saturated carbocycles. The van der Waals surface area contributed by atoms with Gasteiger partial charge in [-0.2, -0.15) is 5.10 Å². The van der Waals surface area contributed by atoms with Crippen molar-refractivity contribution in [1.82, 2.24) is 15.1 Å². The monoisotopic (exact) mass is 301 g/mol. The summed E-state index contributed by atoms with van der Waals surface area (Å²) in [6, 6.07) is 0.159. The molecule has 1 aromatic rings. The molecule has 1 aromatic heterocycles. The smallest absolute Gasteiger partial charge is 0.0834 e. The number of aromatic nitrogens is 2. The van der Waals surface area contributed by atoms with Gasteiger partial charge in [0.05, 0.1) is 28.6 Å². The molecule has 0 aliphatic heterocycles. The highest BCUT2D eigenvalue weighted by molar-refractivity contribution is 6.31. The second kappa shape index (κ2) is 8.01. The molecule has 1 unspecified atom stereocenters. The number of ether oxygens (including phenoxy) is 1. The van der Waals surface area contributed by atoms with Crippen LogP contribution >= 0.6 is 11.6 Å². The fourth-order valence-corrected chi connectivity index (χ4v) is 2.54. The molecule has 0 spiro atoms. The van der Waals surface area contributed by atoms with Gasteiger partial charge in [-0.3, -0.25) is 4.68 Å². The molecule has 116 valence electrons. The first-order valence-electron chi connectivity index (χ1n) is 7.44. The maximum Gasteiger partial charge on any atom is 0.0834 e. The van der Waals surface area contributed by atoms with Crippen LogP contribution in [0, 0.1) is 0 Å². The van der Waals surface area contributed by atoms with Crippen molar-refractivity contribution in [3.8, 4) is 0 Å². The highest BCUT2D eigenvalue weighted by Crippen LogP contribution is 2.30. The Morgan fingerprint density at radius 2 is 2.10 bits per heavy atom. The second-order valence-corrected chi connectivity index (χ2v) is 6.18. The lowest BCUT2D eigenvalue weighted by Gasteiger charge is -2.30. The van der Waals surface area contributed by atoms with Crippen molar-refractivity contribution in [3.05, 3.63) is 16.9 Å². The van der Waals surface area contributed by atoms with E-state index < -0.39 is 0 Å².